The van der Waals surface area contributed by atoms with Crippen LogP contribution in [0.15, 0.2) is 133 Å². The summed E-state index contributed by atoms with van der Waals surface area (Å²) in [5, 5.41) is 6.07. The SMILES string of the molecule is C[Si](C)=[Zr]([Cl])[Cl].Cc1cc2c(-c3ccc(C(F)(F)F)c4ccccc34)cccc2[cH-]1.Cc1cc2c(-c3ccc(C(F)(F)F)c4ccccc34)cccc2[cH-]1. The molecule has 0 spiro atoms. The summed E-state index contributed by atoms with van der Waals surface area (Å²) in [6.45, 7) is 8.38. The van der Waals surface area contributed by atoms with Gasteiger partial charge in [-0.2, -0.15) is 38.5 Å². The Morgan fingerprint density at radius 2 is 0.796 bits per heavy atom. The molecule has 0 aliphatic rings. The third kappa shape index (κ3) is 8.58. The Morgan fingerprint density at radius 3 is 1.13 bits per heavy atom. The Hall–Kier alpha value is -3.68. The van der Waals surface area contributed by atoms with E-state index in [1.165, 1.54) is 24.3 Å². The van der Waals surface area contributed by atoms with Crippen molar-refractivity contribution in [2.24, 2.45) is 0 Å². The van der Waals surface area contributed by atoms with Crippen LogP contribution >= 0.6 is 17.0 Å². The van der Waals surface area contributed by atoms with Crippen LogP contribution < -0.4 is 0 Å². The number of benzene rings is 6. The maximum Gasteiger partial charge on any atom is 0.417 e. The van der Waals surface area contributed by atoms with Crippen molar-refractivity contribution < 1.29 is 44.3 Å². The molecular weight excluding hydrogens is 833 g/mol. The summed E-state index contributed by atoms with van der Waals surface area (Å²) < 4.78 is 79.8. The molecule has 0 heterocycles. The van der Waals surface area contributed by atoms with Crippen LogP contribution in [0.1, 0.15) is 22.3 Å². The van der Waals surface area contributed by atoms with Gasteiger partial charge in [-0.25, -0.2) is 0 Å². The predicted molar refractivity (Wildman–Crippen MR) is 214 cm³/mol. The van der Waals surface area contributed by atoms with Crippen molar-refractivity contribution in [1.82, 2.24) is 0 Å². The monoisotopic (exact) mass is 864 g/mol. The van der Waals surface area contributed by atoms with Crippen LogP contribution in [0, 0.1) is 13.8 Å². The first-order valence-corrected chi connectivity index (χ1v) is 29.6. The quantitative estimate of drug-likeness (QED) is 0.0923. The van der Waals surface area contributed by atoms with Gasteiger partial charge in [-0.15, -0.1) is 69.1 Å². The van der Waals surface area contributed by atoms with Crippen molar-refractivity contribution in [2.45, 2.75) is 39.3 Å². The van der Waals surface area contributed by atoms with Crippen molar-refractivity contribution in [1.29, 1.82) is 0 Å². The fraction of sp³-hybridized carbons (Fsp3) is 0.136. The number of alkyl halides is 6. The van der Waals surface area contributed by atoms with Crippen molar-refractivity contribution in [3.63, 3.8) is 0 Å². The van der Waals surface area contributed by atoms with Crippen LogP contribution in [-0.2, 0) is 30.3 Å². The second kappa shape index (κ2) is 16.2. The van der Waals surface area contributed by atoms with E-state index in [1.807, 2.05) is 50.2 Å². The molecule has 0 N–H and O–H groups in total. The first-order chi connectivity index (χ1) is 25.5. The molecule has 0 aliphatic heterocycles. The van der Waals surface area contributed by atoms with Crippen molar-refractivity contribution in [3.05, 3.63) is 156 Å². The molecule has 8 rings (SSSR count). The second-order valence-electron chi connectivity index (χ2n) is 13.4. The van der Waals surface area contributed by atoms with Gasteiger partial charge in [0.25, 0.3) is 0 Å². The van der Waals surface area contributed by atoms with E-state index in [-0.39, 0.29) is 16.2 Å². The fourth-order valence-electron chi connectivity index (χ4n) is 6.80. The van der Waals surface area contributed by atoms with Gasteiger partial charge in [0.05, 0.1) is 11.1 Å². The minimum absolute atomic E-state index is 0.224. The van der Waals surface area contributed by atoms with Gasteiger partial charge in [0.1, 0.15) is 0 Å². The first-order valence-electron chi connectivity index (χ1n) is 17.0. The molecule has 0 nitrogen and oxygen atoms in total. The summed E-state index contributed by atoms with van der Waals surface area (Å²) in [6.07, 6.45) is -8.72. The van der Waals surface area contributed by atoms with Gasteiger partial charge in [-0.1, -0.05) is 97.8 Å². The van der Waals surface area contributed by atoms with E-state index in [1.54, 1.807) is 48.5 Å². The zero-order valence-corrected chi connectivity index (χ0v) is 34.7. The topological polar surface area (TPSA) is 0 Å². The molecule has 10 heteroatoms. The average molecular weight is 867 g/mol. The van der Waals surface area contributed by atoms with Gasteiger partial charge in [0, 0.05) is 0 Å². The van der Waals surface area contributed by atoms with Crippen molar-refractivity contribution in [3.8, 4) is 22.3 Å². The standard InChI is InChI=1S/2C21H14F3.C2H6Si.2ClH.Zr/c2*1-13-11-14-5-4-8-16(19(14)12-13)17-9-10-20(21(22,23)24)18-7-3-2-6-15(17)18;1-3-2;;;/h2*2-12H,1H3;1-2H3;2*1H;/q2*-1;;;;+2/p-2. The van der Waals surface area contributed by atoms with Crippen molar-refractivity contribution >= 4 is 65.5 Å². The second-order valence-corrected chi connectivity index (χ2v) is 36.3. The Kier molecular flexibility index (Phi) is 12.0. The Balaban J connectivity index is 0.000000160. The molecule has 0 unspecified atom stereocenters. The van der Waals surface area contributed by atoms with Gasteiger partial charge in [-0.3, -0.25) is 0 Å². The minimum Gasteiger partial charge on any atom is -0.166 e. The predicted octanol–water partition coefficient (Wildman–Crippen LogP) is 15.6. The molecule has 276 valence electrons. The Morgan fingerprint density at radius 1 is 0.463 bits per heavy atom. The van der Waals surface area contributed by atoms with E-state index in [9.17, 15) is 26.3 Å². The van der Waals surface area contributed by atoms with Gasteiger partial charge < -0.3 is 0 Å². The first kappa shape index (κ1) is 40.0. The summed E-state index contributed by atoms with van der Waals surface area (Å²) in [5.74, 6) is 0. The molecule has 0 atom stereocenters. The van der Waals surface area contributed by atoms with E-state index >= 15 is 0 Å². The Labute approximate surface area is 325 Å². The summed E-state index contributed by atoms with van der Waals surface area (Å²) in [5.41, 5.74) is 4.47. The van der Waals surface area contributed by atoms with Crippen LogP contribution in [-0.4, -0.2) is 5.43 Å². The maximum atomic E-state index is 13.3. The molecule has 0 fully saturated rings. The van der Waals surface area contributed by atoms with Crippen molar-refractivity contribution in [2.75, 3.05) is 0 Å². The van der Waals surface area contributed by atoms with E-state index < -0.39 is 41.5 Å². The zero-order valence-electron chi connectivity index (χ0n) is 29.7. The van der Waals surface area contributed by atoms with Crippen LogP contribution in [0.4, 0.5) is 26.3 Å². The number of rotatable bonds is 2. The molecule has 0 radical (unpaired) electrons. The largest absolute Gasteiger partial charge is 0.417 e. The van der Waals surface area contributed by atoms with Crippen LogP contribution in [0.25, 0.3) is 65.3 Å². The van der Waals surface area contributed by atoms with Crippen LogP contribution in [0.3, 0.4) is 0 Å². The zero-order chi connectivity index (χ0) is 38.9. The molecule has 0 saturated heterocycles. The number of hydrogen-bond donors (Lipinski definition) is 0. The summed E-state index contributed by atoms with van der Waals surface area (Å²) in [7, 11) is 11.2. The molecule has 8 aromatic rings. The molecule has 0 aliphatic carbocycles. The molecule has 0 bridgehead atoms. The number of fused-ring (bicyclic) bond motifs is 4. The summed E-state index contributed by atoms with van der Waals surface area (Å²) >= 11 is -1.65. The third-order valence-corrected chi connectivity index (χ3v) is 29.0. The third-order valence-electron chi connectivity index (χ3n) is 9.21. The summed E-state index contributed by atoms with van der Waals surface area (Å²) in [4.78, 5) is 0. The number of aryl methyl sites for hydroxylation is 2. The number of halogens is 8. The van der Waals surface area contributed by atoms with Gasteiger partial charge in [-0.05, 0) is 44.8 Å². The average Bonchev–Trinajstić information content (AvgIpc) is 3.71. The molecule has 0 aromatic heterocycles. The molecule has 0 saturated carbocycles. The van der Waals surface area contributed by atoms with E-state index in [0.29, 0.717) is 10.8 Å². The molecule has 0 amide bonds. The van der Waals surface area contributed by atoms with E-state index in [4.69, 9.17) is 17.0 Å². The van der Waals surface area contributed by atoms with E-state index in [0.717, 1.165) is 54.9 Å². The van der Waals surface area contributed by atoms with Crippen LogP contribution in [0.2, 0.25) is 13.1 Å². The molecule has 8 aromatic carbocycles. The number of hydrogen-bond acceptors (Lipinski definition) is 0. The Bertz CT molecular complexity index is 2470. The summed E-state index contributed by atoms with van der Waals surface area (Å²) in [6, 6.07) is 39.2. The molecular formula is C44H34Cl2F6SiZr-2. The smallest absolute Gasteiger partial charge is 0.166 e. The van der Waals surface area contributed by atoms with Gasteiger partial charge >= 0.3 is 65.9 Å². The van der Waals surface area contributed by atoms with Crippen LogP contribution in [0.5, 0.6) is 0 Å². The minimum atomic E-state index is -4.36. The maximum absolute atomic E-state index is 13.3. The fourth-order valence-corrected chi connectivity index (χ4v) is 6.80. The molecule has 54 heavy (non-hydrogen) atoms. The normalized spacial score (nSPS) is 11.7. The van der Waals surface area contributed by atoms with Gasteiger partial charge in [0.2, 0.25) is 0 Å². The van der Waals surface area contributed by atoms with Gasteiger partial charge in [0.15, 0.2) is 0 Å². The van der Waals surface area contributed by atoms with E-state index in [2.05, 4.69) is 37.4 Å².